The number of anilines is 1. The minimum absolute atomic E-state index is 0.0948. The van der Waals surface area contributed by atoms with Crippen molar-refractivity contribution in [3.63, 3.8) is 0 Å². The largest absolute Gasteiger partial charge is 0.496 e. The molecule has 7 nitrogen and oxygen atoms in total. The lowest BCUT2D eigenvalue weighted by Crippen LogP contribution is -2.30. The first kappa shape index (κ1) is 22.1. The SMILES string of the molecule is CNC(=O)c1c(-c2ccc(F)cc2OC)oc2cc3c(cc12)C(C)CCCN3S(C)(=O)=O. The molecular formula is C23H25FN2O5S. The number of rotatable bonds is 4. The van der Waals surface area contributed by atoms with E-state index in [0.717, 1.165) is 18.4 Å². The van der Waals surface area contributed by atoms with E-state index in [0.29, 0.717) is 28.8 Å². The Hall–Kier alpha value is -3.07. The number of hydrogen-bond donors (Lipinski definition) is 1. The van der Waals surface area contributed by atoms with Gasteiger partial charge in [0.05, 0.1) is 30.2 Å². The summed E-state index contributed by atoms with van der Waals surface area (Å²) in [6.07, 6.45) is 2.73. The smallest absolute Gasteiger partial charge is 0.255 e. The maximum Gasteiger partial charge on any atom is 0.255 e. The Morgan fingerprint density at radius 1 is 1.28 bits per heavy atom. The van der Waals surface area contributed by atoms with Crippen molar-refractivity contribution in [1.29, 1.82) is 0 Å². The summed E-state index contributed by atoms with van der Waals surface area (Å²) in [5, 5.41) is 3.20. The predicted octanol–water partition coefficient (Wildman–Crippen LogP) is 4.27. The zero-order valence-electron chi connectivity index (χ0n) is 18.4. The summed E-state index contributed by atoms with van der Waals surface area (Å²) >= 11 is 0. The highest BCUT2D eigenvalue weighted by Gasteiger charge is 2.30. The van der Waals surface area contributed by atoms with Gasteiger partial charge in [-0.05, 0) is 42.5 Å². The minimum Gasteiger partial charge on any atom is -0.496 e. The number of benzene rings is 2. The highest BCUT2D eigenvalue weighted by atomic mass is 32.2. The molecule has 1 amide bonds. The Morgan fingerprint density at radius 3 is 2.69 bits per heavy atom. The molecule has 1 aromatic heterocycles. The van der Waals surface area contributed by atoms with Gasteiger partial charge in [-0.3, -0.25) is 9.10 Å². The first-order valence-corrected chi connectivity index (χ1v) is 12.1. The number of nitrogens with zero attached hydrogens (tertiary/aromatic N) is 1. The highest BCUT2D eigenvalue weighted by Crippen LogP contribution is 2.44. The fourth-order valence-corrected chi connectivity index (χ4v) is 5.29. The fraction of sp³-hybridized carbons (Fsp3) is 0.348. The molecule has 32 heavy (non-hydrogen) atoms. The summed E-state index contributed by atoms with van der Waals surface area (Å²) in [5.41, 5.74) is 2.47. The second-order valence-corrected chi connectivity index (χ2v) is 9.92. The van der Waals surface area contributed by atoms with E-state index < -0.39 is 15.8 Å². The van der Waals surface area contributed by atoms with Gasteiger partial charge in [-0.1, -0.05) is 6.92 Å². The molecule has 0 radical (unpaired) electrons. The standard InChI is InChI=1S/C23H25FN2O5S/c1-13-6-5-9-26(32(4,28)29)18-12-20-17(11-16(13)18)21(23(27)25-2)22(31-20)15-8-7-14(24)10-19(15)30-3/h7-8,10-13H,5-6,9H2,1-4H3,(H,25,27). The van der Waals surface area contributed by atoms with Gasteiger partial charge >= 0.3 is 0 Å². The van der Waals surface area contributed by atoms with Gasteiger partial charge < -0.3 is 14.5 Å². The number of hydrogen-bond acceptors (Lipinski definition) is 5. The van der Waals surface area contributed by atoms with Crippen LogP contribution in [0.3, 0.4) is 0 Å². The normalized spacial score (nSPS) is 16.5. The van der Waals surface area contributed by atoms with Crippen molar-refractivity contribution >= 4 is 32.6 Å². The number of nitrogens with one attached hydrogen (secondary N) is 1. The Balaban J connectivity index is 2.06. The molecule has 0 saturated carbocycles. The van der Waals surface area contributed by atoms with Crippen molar-refractivity contribution in [2.45, 2.75) is 25.7 Å². The molecule has 170 valence electrons. The number of sulfonamides is 1. The average Bonchev–Trinajstić information content (AvgIpc) is 3.03. The third-order valence-corrected chi connectivity index (χ3v) is 7.08. The highest BCUT2D eigenvalue weighted by molar-refractivity contribution is 7.92. The summed E-state index contributed by atoms with van der Waals surface area (Å²) in [6, 6.07) is 7.50. The van der Waals surface area contributed by atoms with Crippen LogP contribution >= 0.6 is 0 Å². The molecule has 0 spiro atoms. The Kier molecular flexibility index (Phi) is 5.62. The van der Waals surface area contributed by atoms with Crippen molar-refractivity contribution in [2.24, 2.45) is 0 Å². The molecule has 2 aromatic carbocycles. The summed E-state index contributed by atoms with van der Waals surface area (Å²) in [5.74, 6) is -0.298. The molecular weight excluding hydrogens is 435 g/mol. The minimum atomic E-state index is -3.50. The van der Waals surface area contributed by atoms with E-state index in [9.17, 15) is 17.6 Å². The quantitative estimate of drug-likeness (QED) is 0.628. The molecule has 0 saturated heterocycles. The Bertz CT molecular complexity index is 1320. The molecule has 9 heteroatoms. The molecule has 1 N–H and O–H groups in total. The van der Waals surface area contributed by atoms with Crippen molar-refractivity contribution in [3.8, 4) is 17.1 Å². The van der Waals surface area contributed by atoms with Crippen LogP contribution in [0.2, 0.25) is 0 Å². The van der Waals surface area contributed by atoms with E-state index in [1.165, 1.54) is 42.9 Å². The maximum absolute atomic E-state index is 13.8. The van der Waals surface area contributed by atoms with E-state index in [1.54, 1.807) is 6.07 Å². The fourth-order valence-electron chi connectivity index (χ4n) is 4.31. The zero-order chi connectivity index (χ0) is 23.2. The molecule has 0 fully saturated rings. The third kappa shape index (κ3) is 3.70. The molecule has 1 atom stereocenters. The molecule has 3 aromatic rings. The molecule has 0 aliphatic carbocycles. The van der Waals surface area contributed by atoms with Crippen LogP contribution in [0.25, 0.3) is 22.3 Å². The van der Waals surface area contributed by atoms with E-state index in [4.69, 9.17) is 9.15 Å². The van der Waals surface area contributed by atoms with Gasteiger partial charge in [-0.25, -0.2) is 12.8 Å². The number of furan rings is 1. The van der Waals surface area contributed by atoms with Gasteiger partial charge in [-0.15, -0.1) is 0 Å². The maximum atomic E-state index is 13.8. The first-order valence-electron chi connectivity index (χ1n) is 10.3. The summed E-state index contributed by atoms with van der Waals surface area (Å²) in [4.78, 5) is 12.9. The topological polar surface area (TPSA) is 88.8 Å². The van der Waals surface area contributed by atoms with Gasteiger partial charge in [0.15, 0.2) is 5.76 Å². The van der Waals surface area contributed by atoms with E-state index >= 15 is 0 Å². The molecule has 1 aliphatic rings. The second kappa shape index (κ2) is 8.12. The summed E-state index contributed by atoms with van der Waals surface area (Å²) in [6.45, 7) is 2.42. The monoisotopic (exact) mass is 460 g/mol. The molecule has 4 rings (SSSR count). The molecule has 1 unspecified atom stereocenters. The van der Waals surface area contributed by atoms with Crippen LogP contribution in [0.15, 0.2) is 34.7 Å². The number of carbonyl (C=O) groups excluding carboxylic acids is 1. The third-order valence-electron chi connectivity index (χ3n) is 5.90. The average molecular weight is 461 g/mol. The van der Waals surface area contributed by atoms with Crippen LogP contribution in [-0.4, -0.2) is 41.3 Å². The molecule has 1 aliphatic heterocycles. The molecule has 0 bridgehead atoms. The van der Waals surface area contributed by atoms with E-state index in [2.05, 4.69) is 5.32 Å². The number of methoxy groups -OCH3 is 1. The van der Waals surface area contributed by atoms with Gasteiger partial charge in [0.1, 0.15) is 17.1 Å². The number of ether oxygens (including phenoxy) is 1. The van der Waals surface area contributed by atoms with Crippen LogP contribution in [0.1, 0.15) is 41.6 Å². The predicted molar refractivity (Wildman–Crippen MR) is 121 cm³/mol. The lowest BCUT2D eigenvalue weighted by atomic mass is 9.93. The summed E-state index contributed by atoms with van der Waals surface area (Å²) < 4.78 is 51.6. The van der Waals surface area contributed by atoms with Crippen molar-refractivity contribution in [1.82, 2.24) is 5.32 Å². The second-order valence-electron chi connectivity index (χ2n) is 8.02. The van der Waals surface area contributed by atoms with Crippen molar-refractivity contribution < 1.29 is 26.8 Å². The first-order chi connectivity index (χ1) is 15.2. The molecule has 2 heterocycles. The van der Waals surface area contributed by atoms with Gasteiger partial charge in [-0.2, -0.15) is 0 Å². The number of halogens is 1. The van der Waals surface area contributed by atoms with E-state index in [1.807, 2.05) is 13.0 Å². The number of amides is 1. The van der Waals surface area contributed by atoms with Crippen molar-refractivity contribution in [2.75, 3.05) is 31.3 Å². The van der Waals surface area contributed by atoms with Crippen LogP contribution < -0.4 is 14.4 Å². The van der Waals surface area contributed by atoms with Crippen LogP contribution in [0, 0.1) is 5.82 Å². The lowest BCUT2D eigenvalue weighted by Gasteiger charge is -2.23. The zero-order valence-corrected chi connectivity index (χ0v) is 19.2. The van der Waals surface area contributed by atoms with Gasteiger partial charge in [0.2, 0.25) is 10.0 Å². The lowest BCUT2D eigenvalue weighted by molar-refractivity contribution is 0.0964. The van der Waals surface area contributed by atoms with Crippen molar-refractivity contribution in [3.05, 3.63) is 47.3 Å². The van der Waals surface area contributed by atoms with Crippen LogP contribution in [0.5, 0.6) is 5.75 Å². The Labute approximate surface area is 186 Å². The van der Waals surface area contributed by atoms with E-state index in [-0.39, 0.29) is 28.9 Å². The van der Waals surface area contributed by atoms with Crippen LogP contribution in [-0.2, 0) is 10.0 Å². The van der Waals surface area contributed by atoms with Crippen LogP contribution in [0.4, 0.5) is 10.1 Å². The van der Waals surface area contributed by atoms with Gasteiger partial charge in [0.25, 0.3) is 5.91 Å². The summed E-state index contributed by atoms with van der Waals surface area (Å²) in [7, 11) is -0.567. The van der Waals surface area contributed by atoms with Gasteiger partial charge in [0, 0.05) is 31.1 Å². The Morgan fingerprint density at radius 2 is 2.03 bits per heavy atom. The number of fused-ring (bicyclic) bond motifs is 2. The number of carbonyl (C=O) groups is 1.